The number of nitrogens with zero attached hydrogens (tertiary/aromatic N) is 3. The van der Waals surface area contributed by atoms with E-state index in [1.54, 1.807) is 6.33 Å². The van der Waals surface area contributed by atoms with E-state index in [0.717, 1.165) is 22.3 Å². The van der Waals surface area contributed by atoms with Gasteiger partial charge in [0.1, 0.15) is 12.0 Å². The van der Waals surface area contributed by atoms with E-state index in [1.165, 1.54) is 0 Å². The second-order valence-corrected chi connectivity index (χ2v) is 3.49. The summed E-state index contributed by atoms with van der Waals surface area (Å²) in [7, 11) is 1.98. The lowest BCUT2D eigenvalue weighted by molar-refractivity contribution is 0.944. The summed E-state index contributed by atoms with van der Waals surface area (Å²) < 4.78 is 1.99. The van der Waals surface area contributed by atoms with Crippen molar-refractivity contribution in [3.8, 4) is 11.3 Å². The Morgan fingerprint density at radius 2 is 2.20 bits per heavy atom. The zero-order valence-electron chi connectivity index (χ0n) is 8.31. The van der Waals surface area contributed by atoms with Crippen LogP contribution in [0.15, 0.2) is 37.1 Å². The van der Waals surface area contributed by atoms with E-state index in [9.17, 15) is 0 Å². The van der Waals surface area contributed by atoms with Crippen molar-refractivity contribution >= 4 is 11.0 Å². The maximum Gasteiger partial charge on any atom is 0.143 e. The van der Waals surface area contributed by atoms with Crippen LogP contribution in [0.4, 0.5) is 0 Å². The van der Waals surface area contributed by atoms with Gasteiger partial charge in [-0.3, -0.25) is 0 Å². The number of hydrogen-bond donors (Lipinski definition) is 1. The van der Waals surface area contributed by atoms with Crippen LogP contribution >= 0.6 is 0 Å². The van der Waals surface area contributed by atoms with Gasteiger partial charge in [-0.1, -0.05) is 0 Å². The van der Waals surface area contributed by atoms with Gasteiger partial charge in [0, 0.05) is 36.6 Å². The fourth-order valence-corrected chi connectivity index (χ4v) is 1.78. The standard InChI is InChI=1S/C11H10N4/c1-15-5-3-9-10(8-2-4-12-6-8)13-7-14-11(9)15/h2-7,12H,1H3. The number of hydrogen-bond acceptors (Lipinski definition) is 2. The zero-order valence-corrected chi connectivity index (χ0v) is 8.31. The third-order valence-electron chi connectivity index (χ3n) is 2.53. The number of nitrogens with one attached hydrogen (secondary N) is 1. The van der Waals surface area contributed by atoms with Gasteiger partial charge >= 0.3 is 0 Å². The Bertz CT molecular complexity index is 592. The van der Waals surface area contributed by atoms with E-state index < -0.39 is 0 Å². The third kappa shape index (κ3) is 1.15. The minimum absolute atomic E-state index is 0.959. The van der Waals surface area contributed by atoms with Crippen LogP contribution in [0, 0.1) is 0 Å². The minimum atomic E-state index is 0.959. The molecule has 3 aromatic heterocycles. The van der Waals surface area contributed by atoms with Gasteiger partial charge in [-0.05, 0) is 12.1 Å². The topological polar surface area (TPSA) is 46.5 Å². The molecule has 0 aromatic carbocycles. The van der Waals surface area contributed by atoms with Crippen molar-refractivity contribution in [2.24, 2.45) is 7.05 Å². The van der Waals surface area contributed by atoms with Gasteiger partial charge in [0.15, 0.2) is 0 Å². The summed E-state index contributed by atoms with van der Waals surface area (Å²) in [4.78, 5) is 11.6. The lowest BCUT2D eigenvalue weighted by atomic mass is 10.2. The Labute approximate surface area is 86.6 Å². The molecule has 4 heteroatoms. The first-order chi connectivity index (χ1) is 7.36. The zero-order chi connectivity index (χ0) is 10.3. The lowest BCUT2D eigenvalue weighted by Gasteiger charge is -1.99. The molecule has 3 heterocycles. The predicted molar refractivity (Wildman–Crippen MR) is 58.3 cm³/mol. The molecule has 1 N–H and O–H groups in total. The highest BCUT2D eigenvalue weighted by Crippen LogP contribution is 2.24. The summed E-state index contributed by atoms with van der Waals surface area (Å²) in [5.41, 5.74) is 3.02. The quantitative estimate of drug-likeness (QED) is 0.649. The molecular weight excluding hydrogens is 188 g/mol. The minimum Gasteiger partial charge on any atom is -0.367 e. The van der Waals surface area contributed by atoms with Crippen molar-refractivity contribution < 1.29 is 0 Å². The van der Waals surface area contributed by atoms with Crippen LogP contribution in [-0.4, -0.2) is 19.5 Å². The van der Waals surface area contributed by atoms with E-state index in [0.29, 0.717) is 0 Å². The van der Waals surface area contributed by atoms with Crippen LogP contribution < -0.4 is 0 Å². The van der Waals surface area contributed by atoms with Crippen molar-refractivity contribution in [3.05, 3.63) is 37.1 Å². The number of H-pyrrole nitrogens is 1. The molecule has 0 spiro atoms. The van der Waals surface area contributed by atoms with Crippen LogP contribution in [0.1, 0.15) is 0 Å². The SMILES string of the molecule is Cn1ccc2c(-c3cc[nH]c3)ncnc21. The number of aromatic nitrogens is 4. The number of rotatable bonds is 1. The first-order valence-electron chi connectivity index (χ1n) is 4.75. The first-order valence-corrected chi connectivity index (χ1v) is 4.75. The lowest BCUT2D eigenvalue weighted by Crippen LogP contribution is -1.90. The van der Waals surface area contributed by atoms with Crippen molar-refractivity contribution in [3.63, 3.8) is 0 Å². The van der Waals surface area contributed by atoms with Crippen LogP contribution in [-0.2, 0) is 7.05 Å². The summed E-state index contributed by atoms with van der Waals surface area (Å²) in [6.07, 6.45) is 7.43. The first kappa shape index (κ1) is 8.23. The van der Waals surface area contributed by atoms with Crippen molar-refractivity contribution in [1.82, 2.24) is 19.5 Å². The van der Waals surface area contributed by atoms with E-state index in [2.05, 4.69) is 15.0 Å². The molecule has 0 saturated carbocycles. The predicted octanol–water partition coefficient (Wildman–Crippen LogP) is 1.96. The molecule has 3 rings (SSSR count). The van der Waals surface area contributed by atoms with Gasteiger partial charge in [0.25, 0.3) is 0 Å². The molecule has 0 unspecified atom stereocenters. The van der Waals surface area contributed by atoms with E-state index in [4.69, 9.17) is 0 Å². The van der Waals surface area contributed by atoms with Crippen LogP contribution in [0.3, 0.4) is 0 Å². The third-order valence-corrected chi connectivity index (χ3v) is 2.53. The normalized spacial score (nSPS) is 11.0. The molecule has 0 bridgehead atoms. The summed E-state index contributed by atoms with van der Waals surface area (Å²) in [5, 5.41) is 1.08. The summed E-state index contributed by atoms with van der Waals surface area (Å²) in [5.74, 6) is 0. The van der Waals surface area contributed by atoms with Crippen molar-refractivity contribution in [1.29, 1.82) is 0 Å². The Hall–Kier alpha value is -2.10. The number of fused-ring (bicyclic) bond motifs is 1. The highest BCUT2D eigenvalue weighted by Gasteiger charge is 2.08. The maximum absolute atomic E-state index is 4.32. The second-order valence-electron chi connectivity index (χ2n) is 3.49. The molecule has 0 radical (unpaired) electrons. The fourth-order valence-electron chi connectivity index (χ4n) is 1.78. The van der Waals surface area contributed by atoms with E-state index in [-0.39, 0.29) is 0 Å². The molecule has 0 saturated heterocycles. The van der Waals surface area contributed by atoms with E-state index in [1.807, 2.05) is 42.3 Å². The monoisotopic (exact) mass is 198 g/mol. The molecule has 0 aliphatic carbocycles. The Balaban J connectivity index is 2.36. The summed E-state index contributed by atoms with van der Waals surface area (Å²) in [6, 6.07) is 4.05. The Morgan fingerprint density at radius 1 is 1.27 bits per heavy atom. The van der Waals surface area contributed by atoms with Gasteiger partial charge in [-0.15, -0.1) is 0 Å². The van der Waals surface area contributed by atoms with Crippen LogP contribution in [0.25, 0.3) is 22.3 Å². The maximum atomic E-state index is 4.32. The molecule has 15 heavy (non-hydrogen) atoms. The van der Waals surface area contributed by atoms with Gasteiger partial charge in [-0.2, -0.15) is 0 Å². The highest BCUT2D eigenvalue weighted by molar-refractivity contribution is 5.90. The van der Waals surface area contributed by atoms with Crippen LogP contribution in [0.2, 0.25) is 0 Å². The van der Waals surface area contributed by atoms with Gasteiger partial charge in [-0.25, -0.2) is 9.97 Å². The molecule has 0 aliphatic rings. The molecule has 0 aliphatic heterocycles. The van der Waals surface area contributed by atoms with E-state index >= 15 is 0 Å². The molecule has 4 nitrogen and oxygen atoms in total. The largest absolute Gasteiger partial charge is 0.367 e. The van der Waals surface area contributed by atoms with Gasteiger partial charge < -0.3 is 9.55 Å². The van der Waals surface area contributed by atoms with Gasteiger partial charge in [0.05, 0.1) is 5.69 Å². The molecule has 0 atom stereocenters. The van der Waals surface area contributed by atoms with Crippen molar-refractivity contribution in [2.75, 3.05) is 0 Å². The Kier molecular flexibility index (Phi) is 1.62. The van der Waals surface area contributed by atoms with Gasteiger partial charge in [0.2, 0.25) is 0 Å². The average Bonchev–Trinajstić information content (AvgIpc) is 2.88. The fraction of sp³-hybridized carbons (Fsp3) is 0.0909. The molecular formula is C11H10N4. The molecule has 3 aromatic rings. The second kappa shape index (κ2) is 2.95. The van der Waals surface area contributed by atoms with Crippen molar-refractivity contribution in [2.45, 2.75) is 0 Å². The average molecular weight is 198 g/mol. The number of aromatic amines is 1. The summed E-state index contributed by atoms with van der Waals surface area (Å²) >= 11 is 0. The molecule has 74 valence electrons. The molecule has 0 fully saturated rings. The highest BCUT2D eigenvalue weighted by atomic mass is 15.0. The molecule has 0 amide bonds. The Morgan fingerprint density at radius 3 is 3.00 bits per heavy atom. The number of aryl methyl sites for hydroxylation is 1. The smallest absolute Gasteiger partial charge is 0.143 e. The van der Waals surface area contributed by atoms with Crippen LogP contribution in [0.5, 0.6) is 0 Å². The summed E-state index contributed by atoms with van der Waals surface area (Å²) in [6.45, 7) is 0.